The van der Waals surface area contributed by atoms with Crippen LogP contribution in [0.2, 0.25) is 0 Å². The van der Waals surface area contributed by atoms with Gasteiger partial charge in [0.05, 0.1) is 7.11 Å². The molecule has 1 aliphatic carbocycles. The van der Waals surface area contributed by atoms with E-state index >= 15 is 0 Å². The van der Waals surface area contributed by atoms with Crippen LogP contribution >= 0.6 is 0 Å². The molecule has 0 bridgehead atoms. The summed E-state index contributed by atoms with van der Waals surface area (Å²) in [4.78, 5) is 28.4. The van der Waals surface area contributed by atoms with Gasteiger partial charge in [-0.1, -0.05) is 6.07 Å². The highest BCUT2D eigenvalue weighted by atomic mass is 16.5. The van der Waals surface area contributed by atoms with E-state index in [9.17, 15) is 9.59 Å². The lowest BCUT2D eigenvalue weighted by molar-refractivity contribution is 0.0946. The fraction of sp³-hybridized carbons (Fsp3) is 0.235. The third-order valence-corrected chi connectivity index (χ3v) is 3.47. The number of nitrogens with zero attached hydrogens (tertiary/aromatic N) is 1. The molecule has 1 heterocycles. The molecule has 1 aromatic heterocycles. The lowest BCUT2D eigenvalue weighted by Crippen LogP contribution is -2.27. The van der Waals surface area contributed by atoms with E-state index in [1.165, 1.54) is 0 Å². The summed E-state index contributed by atoms with van der Waals surface area (Å²) in [5, 5.41) is 5.59. The standard InChI is InChI=1S/C17H17N3O3/c1-23-13-9-7-12(8-10-13)19-17(22)15-4-2-3-14(20-15)16(21)18-11-5-6-11/h2-4,7-11H,5-6H2,1H3,(H,18,21)(H,19,22). The molecule has 2 aromatic rings. The summed E-state index contributed by atoms with van der Waals surface area (Å²) in [6, 6.07) is 12.1. The van der Waals surface area contributed by atoms with Crippen molar-refractivity contribution >= 4 is 17.5 Å². The van der Waals surface area contributed by atoms with Gasteiger partial charge in [0.1, 0.15) is 17.1 Å². The monoisotopic (exact) mass is 311 g/mol. The number of hydrogen-bond donors (Lipinski definition) is 2. The summed E-state index contributed by atoms with van der Waals surface area (Å²) >= 11 is 0. The second-order valence-electron chi connectivity index (χ2n) is 5.34. The number of carbonyl (C=O) groups excluding carboxylic acids is 2. The molecule has 0 aliphatic heterocycles. The summed E-state index contributed by atoms with van der Waals surface area (Å²) in [7, 11) is 1.58. The summed E-state index contributed by atoms with van der Waals surface area (Å²) in [6.45, 7) is 0. The highest BCUT2D eigenvalue weighted by molar-refractivity contribution is 6.03. The molecule has 0 spiro atoms. The van der Waals surface area contributed by atoms with Crippen molar-refractivity contribution in [2.75, 3.05) is 12.4 Å². The molecule has 0 atom stereocenters. The van der Waals surface area contributed by atoms with Crippen molar-refractivity contribution in [1.82, 2.24) is 10.3 Å². The molecule has 118 valence electrons. The molecule has 2 amide bonds. The maximum Gasteiger partial charge on any atom is 0.274 e. The molecule has 1 fully saturated rings. The topological polar surface area (TPSA) is 80.3 Å². The molecular weight excluding hydrogens is 294 g/mol. The van der Waals surface area contributed by atoms with Gasteiger partial charge in [-0.2, -0.15) is 0 Å². The van der Waals surface area contributed by atoms with E-state index in [-0.39, 0.29) is 29.2 Å². The zero-order valence-electron chi connectivity index (χ0n) is 12.7. The number of anilines is 1. The van der Waals surface area contributed by atoms with E-state index in [0.29, 0.717) is 11.4 Å². The van der Waals surface area contributed by atoms with Crippen LogP contribution in [0.4, 0.5) is 5.69 Å². The van der Waals surface area contributed by atoms with E-state index < -0.39 is 0 Å². The van der Waals surface area contributed by atoms with Crippen molar-refractivity contribution in [2.24, 2.45) is 0 Å². The first-order valence-electron chi connectivity index (χ1n) is 7.39. The molecule has 3 rings (SSSR count). The Labute approximate surface area is 133 Å². The van der Waals surface area contributed by atoms with Crippen LogP contribution in [-0.2, 0) is 0 Å². The van der Waals surface area contributed by atoms with Crippen molar-refractivity contribution in [3.05, 3.63) is 53.9 Å². The van der Waals surface area contributed by atoms with Crippen LogP contribution in [0.5, 0.6) is 5.75 Å². The van der Waals surface area contributed by atoms with Gasteiger partial charge in [-0.3, -0.25) is 9.59 Å². The smallest absolute Gasteiger partial charge is 0.274 e. The average Bonchev–Trinajstić information content (AvgIpc) is 3.39. The van der Waals surface area contributed by atoms with Crippen molar-refractivity contribution in [3.8, 4) is 5.75 Å². The van der Waals surface area contributed by atoms with E-state index in [2.05, 4.69) is 15.6 Å². The second-order valence-corrected chi connectivity index (χ2v) is 5.34. The Kier molecular flexibility index (Phi) is 4.23. The van der Waals surface area contributed by atoms with Gasteiger partial charge in [-0.25, -0.2) is 4.98 Å². The van der Waals surface area contributed by atoms with Crippen LogP contribution < -0.4 is 15.4 Å². The maximum atomic E-state index is 12.2. The van der Waals surface area contributed by atoms with Crippen molar-refractivity contribution in [3.63, 3.8) is 0 Å². The van der Waals surface area contributed by atoms with Crippen LogP contribution in [0.25, 0.3) is 0 Å². The Hall–Kier alpha value is -2.89. The molecule has 6 heteroatoms. The quantitative estimate of drug-likeness (QED) is 0.887. The molecule has 23 heavy (non-hydrogen) atoms. The molecule has 1 aromatic carbocycles. The van der Waals surface area contributed by atoms with Gasteiger partial charge < -0.3 is 15.4 Å². The van der Waals surface area contributed by atoms with Gasteiger partial charge in [-0.05, 0) is 49.2 Å². The first-order chi connectivity index (χ1) is 11.2. The minimum absolute atomic E-state index is 0.198. The molecule has 0 saturated heterocycles. The van der Waals surface area contributed by atoms with Gasteiger partial charge in [0, 0.05) is 11.7 Å². The Morgan fingerprint density at radius 1 is 1.04 bits per heavy atom. The molecule has 0 unspecified atom stereocenters. The number of carbonyl (C=O) groups is 2. The molecule has 0 radical (unpaired) electrons. The fourth-order valence-electron chi connectivity index (χ4n) is 2.04. The fourth-order valence-corrected chi connectivity index (χ4v) is 2.04. The number of benzene rings is 1. The Bertz CT molecular complexity index is 724. The summed E-state index contributed by atoms with van der Waals surface area (Å²) in [6.07, 6.45) is 2.01. The van der Waals surface area contributed by atoms with Crippen molar-refractivity contribution in [2.45, 2.75) is 18.9 Å². The van der Waals surface area contributed by atoms with Crippen LogP contribution in [0.1, 0.15) is 33.8 Å². The molecule has 6 nitrogen and oxygen atoms in total. The Balaban J connectivity index is 1.69. The van der Waals surface area contributed by atoms with E-state index in [4.69, 9.17) is 4.74 Å². The predicted molar refractivity (Wildman–Crippen MR) is 85.7 cm³/mol. The minimum Gasteiger partial charge on any atom is -0.497 e. The third-order valence-electron chi connectivity index (χ3n) is 3.47. The van der Waals surface area contributed by atoms with Crippen LogP contribution in [0.3, 0.4) is 0 Å². The maximum absolute atomic E-state index is 12.2. The first kappa shape index (κ1) is 15.0. The second kappa shape index (κ2) is 6.48. The Morgan fingerprint density at radius 2 is 1.70 bits per heavy atom. The summed E-state index contributed by atoms with van der Waals surface area (Å²) in [5.74, 6) is 0.0997. The number of amides is 2. The predicted octanol–water partition coefficient (Wildman–Crippen LogP) is 2.23. The van der Waals surface area contributed by atoms with Gasteiger partial charge in [0.2, 0.25) is 0 Å². The highest BCUT2D eigenvalue weighted by Crippen LogP contribution is 2.19. The van der Waals surface area contributed by atoms with Gasteiger partial charge in [-0.15, -0.1) is 0 Å². The first-order valence-corrected chi connectivity index (χ1v) is 7.39. The summed E-state index contributed by atoms with van der Waals surface area (Å²) in [5.41, 5.74) is 1.08. The zero-order chi connectivity index (χ0) is 16.2. The van der Waals surface area contributed by atoms with Crippen LogP contribution in [0.15, 0.2) is 42.5 Å². The number of methoxy groups -OCH3 is 1. The average molecular weight is 311 g/mol. The largest absolute Gasteiger partial charge is 0.497 e. The molecular formula is C17H17N3O3. The Morgan fingerprint density at radius 3 is 2.30 bits per heavy atom. The van der Waals surface area contributed by atoms with Crippen molar-refractivity contribution < 1.29 is 14.3 Å². The SMILES string of the molecule is COc1ccc(NC(=O)c2cccc(C(=O)NC3CC3)n2)cc1. The number of nitrogens with one attached hydrogen (secondary N) is 2. The van der Waals surface area contributed by atoms with Gasteiger partial charge in [0.25, 0.3) is 11.8 Å². The lowest BCUT2D eigenvalue weighted by Gasteiger charge is -2.07. The zero-order valence-corrected chi connectivity index (χ0v) is 12.7. The number of aromatic nitrogens is 1. The number of pyridine rings is 1. The lowest BCUT2D eigenvalue weighted by atomic mass is 10.2. The van der Waals surface area contributed by atoms with Crippen LogP contribution in [-0.4, -0.2) is 29.9 Å². The molecule has 1 aliphatic rings. The summed E-state index contributed by atoms with van der Waals surface area (Å²) < 4.78 is 5.07. The number of rotatable bonds is 5. The minimum atomic E-state index is -0.365. The van der Waals surface area contributed by atoms with Gasteiger partial charge in [0.15, 0.2) is 0 Å². The third kappa shape index (κ3) is 3.85. The molecule has 1 saturated carbocycles. The van der Waals surface area contributed by atoms with E-state index in [0.717, 1.165) is 12.8 Å². The number of ether oxygens (including phenoxy) is 1. The van der Waals surface area contributed by atoms with E-state index in [1.807, 2.05) is 0 Å². The van der Waals surface area contributed by atoms with Crippen LogP contribution in [0, 0.1) is 0 Å². The van der Waals surface area contributed by atoms with Gasteiger partial charge >= 0.3 is 0 Å². The highest BCUT2D eigenvalue weighted by Gasteiger charge is 2.24. The number of hydrogen-bond acceptors (Lipinski definition) is 4. The van der Waals surface area contributed by atoms with E-state index in [1.54, 1.807) is 49.6 Å². The normalized spacial score (nSPS) is 13.3. The molecule has 2 N–H and O–H groups in total. The van der Waals surface area contributed by atoms with Crippen molar-refractivity contribution in [1.29, 1.82) is 0 Å².